The summed E-state index contributed by atoms with van der Waals surface area (Å²) in [5, 5.41) is 3.16. The SMILES string of the molecule is O=C(CCN1C(=O)[C@@H]2CCCC[C@H]2C1=O)Nc1ccccc1Cl. The molecule has 1 aliphatic carbocycles. The molecule has 2 fully saturated rings. The first kappa shape index (κ1) is 16.0. The van der Waals surface area contributed by atoms with Gasteiger partial charge in [-0.25, -0.2) is 0 Å². The Labute approximate surface area is 140 Å². The number of anilines is 1. The molecule has 1 aliphatic heterocycles. The lowest BCUT2D eigenvalue weighted by Gasteiger charge is -2.19. The minimum absolute atomic E-state index is 0.0855. The van der Waals surface area contributed by atoms with Crippen LogP contribution in [-0.2, 0) is 14.4 Å². The van der Waals surface area contributed by atoms with Crippen molar-refractivity contribution in [3.63, 3.8) is 0 Å². The highest BCUT2D eigenvalue weighted by molar-refractivity contribution is 6.33. The number of halogens is 1. The van der Waals surface area contributed by atoms with Crippen molar-refractivity contribution in [2.45, 2.75) is 32.1 Å². The molecule has 2 atom stereocenters. The van der Waals surface area contributed by atoms with Crippen LogP contribution < -0.4 is 5.32 Å². The highest BCUT2D eigenvalue weighted by atomic mass is 35.5. The Bertz CT molecular complexity index is 622. The summed E-state index contributed by atoms with van der Waals surface area (Å²) in [7, 11) is 0. The molecule has 1 heterocycles. The normalized spacial score (nSPS) is 23.8. The van der Waals surface area contributed by atoms with Crippen molar-refractivity contribution in [1.29, 1.82) is 0 Å². The van der Waals surface area contributed by atoms with Crippen molar-refractivity contribution in [3.8, 4) is 0 Å². The number of para-hydroxylation sites is 1. The van der Waals surface area contributed by atoms with Crippen molar-refractivity contribution < 1.29 is 14.4 Å². The molecular weight excluding hydrogens is 316 g/mol. The lowest BCUT2D eigenvalue weighted by atomic mass is 9.81. The summed E-state index contributed by atoms with van der Waals surface area (Å²) >= 11 is 5.99. The van der Waals surface area contributed by atoms with Crippen molar-refractivity contribution in [3.05, 3.63) is 29.3 Å². The van der Waals surface area contributed by atoms with Gasteiger partial charge in [-0.2, -0.15) is 0 Å². The second-order valence-corrected chi connectivity index (χ2v) is 6.51. The van der Waals surface area contributed by atoms with E-state index in [4.69, 9.17) is 11.6 Å². The van der Waals surface area contributed by atoms with E-state index in [9.17, 15) is 14.4 Å². The van der Waals surface area contributed by atoms with Crippen LogP contribution in [0.3, 0.4) is 0 Å². The van der Waals surface area contributed by atoms with E-state index >= 15 is 0 Å². The summed E-state index contributed by atoms with van der Waals surface area (Å²) in [6, 6.07) is 6.96. The number of imide groups is 1. The van der Waals surface area contributed by atoms with Crippen molar-refractivity contribution >= 4 is 35.0 Å². The zero-order valence-electron chi connectivity index (χ0n) is 12.8. The number of nitrogens with zero attached hydrogens (tertiary/aromatic N) is 1. The molecule has 0 unspecified atom stereocenters. The number of rotatable bonds is 4. The number of likely N-dealkylation sites (tertiary alicyclic amines) is 1. The Morgan fingerprint density at radius 3 is 2.35 bits per heavy atom. The van der Waals surface area contributed by atoms with Crippen molar-refractivity contribution in [2.75, 3.05) is 11.9 Å². The molecular formula is C17H19ClN2O3. The standard InChI is InChI=1S/C17H19ClN2O3/c18-13-7-3-4-8-14(13)19-15(21)9-10-20-16(22)11-5-1-2-6-12(11)17(20)23/h3-4,7-8,11-12H,1-2,5-6,9-10H2,(H,19,21)/t11-,12-/m1/s1. The second-order valence-electron chi connectivity index (χ2n) is 6.10. The largest absolute Gasteiger partial charge is 0.325 e. The quantitative estimate of drug-likeness (QED) is 0.861. The third kappa shape index (κ3) is 3.24. The van der Waals surface area contributed by atoms with E-state index in [0.29, 0.717) is 10.7 Å². The van der Waals surface area contributed by atoms with Crippen molar-refractivity contribution in [2.24, 2.45) is 11.8 Å². The topological polar surface area (TPSA) is 66.5 Å². The minimum atomic E-state index is -0.256. The van der Waals surface area contributed by atoms with Gasteiger partial charge in [-0.05, 0) is 25.0 Å². The molecule has 0 bridgehead atoms. The molecule has 6 heteroatoms. The van der Waals surface area contributed by atoms with E-state index in [0.717, 1.165) is 25.7 Å². The minimum Gasteiger partial charge on any atom is -0.325 e. The number of carbonyl (C=O) groups excluding carboxylic acids is 3. The first-order valence-electron chi connectivity index (χ1n) is 7.97. The highest BCUT2D eigenvalue weighted by Gasteiger charge is 2.47. The lowest BCUT2D eigenvalue weighted by molar-refractivity contribution is -0.140. The summed E-state index contributed by atoms with van der Waals surface area (Å²) in [6.45, 7) is 0.140. The van der Waals surface area contributed by atoms with Gasteiger partial charge in [0, 0.05) is 13.0 Å². The number of hydrogen-bond donors (Lipinski definition) is 1. The van der Waals surface area contributed by atoms with Crippen LogP contribution in [0.1, 0.15) is 32.1 Å². The van der Waals surface area contributed by atoms with Crippen molar-refractivity contribution in [1.82, 2.24) is 4.90 Å². The Morgan fingerprint density at radius 1 is 1.13 bits per heavy atom. The fourth-order valence-corrected chi connectivity index (χ4v) is 3.62. The predicted molar refractivity (Wildman–Crippen MR) is 86.9 cm³/mol. The van der Waals surface area contributed by atoms with Crippen LogP contribution >= 0.6 is 11.6 Å². The van der Waals surface area contributed by atoms with E-state index < -0.39 is 0 Å². The van der Waals surface area contributed by atoms with Crippen LogP contribution in [0.15, 0.2) is 24.3 Å². The second kappa shape index (κ2) is 6.71. The van der Waals surface area contributed by atoms with Gasteiger partial charge in [0.05, 0.1) is 22.5 Å². The summed E-state index contributed by atoms with van der Waals surface area (Å²) in [4.78, 5) is 38.0. The maximum Gasteiger partial charge on any atom is 0.233 e. The van der Waals surface area contributed by atoms with Gasteiger partial charge >= 0.3 is 0 Å². The molecule has 0 aromatic heterocycles. The fourth-order valence-electron chi connectivity index (χ4n) is 3.44. The van der Waals surface area contributed by atoms with E-state index in [2.05, 4.69) is 5.32 Å². The molecule has 0 radical (unpaired) electrons. The summed E-state index contributed by atoms with van der Waals surface area (Å²) < 4.78 is 0. The third-order valence-corrected chi connectivity index (χ3v) is 4.97. The van der Waals surface area contributed by atoms with Crippen LogP contribution in [0.2, 0.25) is 5.02 Å². The van der Waals surface area contributed by atoms with Gasteiger partial charge in [-0.1, -0.05) is 36.6 Å². The molecule has 1 aromatic rings. The maximum atomic E-state index is 12.3. The number of fused-ring (bicyclic) bond motifs is 1. The van der Waals surface area contributed by atoms with Crippen LogP contribution in [0.25, 0.3) is 0 Å². The number of amides is 3. The molecule has 122 valence electrons. The van der Waals surface area contributed by atoms with Gasteiger partial charge in [0.2, 0.25) is 17.7 Å². The van der Waals surface area contributed by atoms with E-state index in [1.807, 2.05) is 0 Å². The fraction of sp³-hybridized carbons (Fsp3) is 0.471. The maximum absolute atomic E-state index is 12.3. The first-order valence-corrected chi connectivity index (χ1v) is 8.35. The van der Waals surface area contributed by atoms with Gasteiger partial charge in [-0.15, -0.1) is 0 Å². The van der Waals surface area contributed by atoms with E-state index in [-0.39, 0.29) is 42.5 Å². The Hall–Kier alpha value is -1.88. The lowest BCUT2D eigenvalue weighted by Crippen LogP contribution is -2.34. The third-order valence-electron chi connectivity index (χ3n) is 4.64. The number of carbonyl (C=O) groups is 3. The molecule has 23 heavy (non-hydrogen) atoms. The molecule has 1 saturated heterocycles. The van der Waals surface area contributed by atoms with Crippen LogP contribution in [0.4, 0.5) is 5.69 Å². The van der Waals surface area contributed by atoms with Gasteiger partial charge in [-0.3, -0.25) is 19.3 Å². The Kier molecular flexibility index (Phi) is 4.66. The monoisotopic (exact) mass is 334 g/mol. The average Bonchev–Trinajstić information content (AvgIpc) is 2.80. The molecule has 3 rings (SSSR count). The van der Waals surface area contributed by atoms with Gasteiger partial charge in [0.25, 0.3) is 0 Å². The van der Waals surface area contributed by atoms with Gasteiger partial charge in [0.1, 0.15) is 0 Å². The predicted octanol–water partition coefficient (Wildman–Crippen LogP) is 2.84. The van der Waals surface area contributed by atoms with Gasteiger partial charge < -0.3 is 5.32 Å². The molecule has 0 spiro atoms. The summed E-state index contributed by atoms with van der Waals surface area (Å²) in [5.41, 5.74) is 0.534. The molecule has 5 nitrogen and oxygen atoms in total. The van der Waals surface area contributed by atoms with E-state index in [1.54, 1.807) is 24.3 Å². The Balaban J connectivity index is 1.58. The number of hydrogen-bond acceptors (Lipinski definition) is 3. The van der Waals surface area contributed by atoms with Crippen LogP contribution in [-0.4, -0.2) is 29.2 Å². The van der Waals surface area contributed by atoms with Crippen LogP contribution in [0.5, 0.6) is 0 Å². The highest BCUT2D eigenvalue weighted by Crippen LogP contribution is 2.38. The molecule has 1 aromatic carbocycles. The number of benzene rings is 1. The van der Waals surface area contributed by atoms with E-state index in [1.165, 1.54) is 4.90 Å². The zero-order chi connectivity index (χ0) is 16.4. The van der Waals surface area contributed by atoms with Crippen LogP contribution in [0, 0.1) is 11.8 Å². The molecule has 1 saturated carbocycles. The molecule has 1 N–H and O–H groups in total. The first-order chi connectivity index (χ1) is 11.1. The summed E-state index contributed by atoms with van der Waals surface area (Å²) in [5.74, 6) is -0.796. The average molecular weight is 335 g/mol. The summed E-state index contributed by atoms with van der Waals surface area (Å²) in [6.07, 6.45) is 3.67. The zero-order valence-corrected chi connectivity index (χ0v) is 13.5. The molecule has 2 aliphatic rings. The molecule has 3 amide bonds. The smallest absolute Gasteiger partial charge is 0.233 e. The van der Waals surface area contributed by atoms with Gasteiger partial charge in [0.15, 0.2) is 0 Å². The number of nitrogens with one attached hydrogen (secondary N) is 1. The Morgan fingerprint density at radius 2 is 1.74 bits per heavy atom.